The lowest BCUT2D eigenvalue weighted by Gasteiger charge is -1.92. The highest BCUT2D eigenvalue weighted by atomic mass is 32.2. The van der Waals surface area contributed by atoms with Crippen LogP contribution >= 0.6 is 23.1 Å². The molecule has 7 heteroatoms. The van der Waals surface area contributed by atoms with Gasteiger partial charge in [0.15, 0.2) is 5.82 Å². The Morgan fingerprint density at radius 2 is 2.15 bits per heavy atom. The summed E-state index contributed by atoms with van der Waals surface area (Å²) in [4.78, 5) is 14.5. The standard InChI is InChI=1S/C13H13N5S2/c1-8-9(2)20-11(15-8)7-19-13-16-12(17-18-13)10-5-3-4-6-14-10/h3-6H,7H2,1-2H3,(H,16,17,18). The lowest BCUT2D eigenvalue weighted by molar-refractivity contribution is 0.972. The van der Waals surface area contributed by atoms with Crippen molar-refractivity contribution in [3.05, 3.63) is 40.0 Å². The fourth-order valence-corrected chi connectivity index (χ4v) is 3.38. The van der Waals surface area contributed by atoms with Crippen molar-refractivity contribution < 1.29 is 0 Å². The van der Waals surface area contributed by atoms with Crippen LogP contribution in [0.25, 0.3) is 11.5 Å². The van der Waals surface area contributed by atoms with Crippen LogP contribution < -0.4 is 0 Å². The minimum Gasteiger partial charge on any atom is -0.257 e. The van der Waals surface area contributed by atoms with E-state index in [2.05, 4.69) is 32.1 Å². The molecule has 0 atom stereocenters. The second-order valence-corrected chi connectivity index (χ2v) is 6.45. The van der Waals surface area contributed by atoms with Crippen LogP contribution in [0.1, 0.15) is 15.6 Å². The van der Waals surface area contributed by atoms with Gasteiger partial charge in [0.2, 0.25) is 5.16 Å². The fraction of sp³-hybridized carbons (Fsp3) is 0.231. The van der Waals surface area contributed by atoms with Crippen LogP contribution in [-0.4, -0.2) is 25.1 Å². The van der Waals surface area contributed by atoms with Crippen molar-refractivity contribution in [2.45, 2.75) is 24.8 Å². The molecular weight excluding hydrogens is 290 g/mol. The first-order valence-electron chi connectivity index (χ1n) is 6.12. The van der Waals surface area contributed by atoms with Crippen molar-refractivity contribution in [1.82, 2.24) is 25.1 Å². The van der Waals surface area contributed by atoms with Gasteiger partial charge in [0.1, 0.15) is 10.7 Å². The Balaban J connectivity index is 1.69. The Hall–Kier alpha value is -1.73. The molecule has 3 aromatic rings. The van der Waals surface area contributed by atoms with E-state index >= 15 is 0 Å². The number of thioether (sulfide) groups is 1. The van der Waals surface area contributed by atoms with Crippen molar-refractivity contribution in [1.29, 1.82) is 0 Å². The zero-order valence-electron chi connectivity index (χ0n) is 11.1. The number of hydrogen-bond acceptors (Lipinski definition) is 6. The van der Waals surface area contributed by atoms with Gasteiger partial charge in [0.05, 0.1) is 11.4 Å². The summed E-state index contributed by atoms with van der Waals surface area (Å²) in [7, 11) is 0. The van der Waals surface area contributed by atoms with Crippen molar-refractivity contribution in [2.75, 3.05) is 0 Å². The van der Waals surface area contributed by atoms with Crippen LogP contribution in [-0.2, 0) is 5.75 Å². The number of rotatable bonds is 4. The zero-order valence-corrected chi connectivity index (χ0v) is 12.8. The maximum atomic E-state index is 4.51. The second kappa shape index (κ2) is 5.72. The maximum absolute atomic E-state index is 4.51. The highest BCUT2D eigenvalue weighted by Crippen LogP contribution is 2.25. The highest BCUT2D eigenvalue weighted by molar-refractivity contribution is 7.98. The number of nitrogens with one attached hydrogen (secondary N) is 1. The molecule has 0 bridgehead atoms. The van der Waals surface area contributed by atoms with Crippen molar-refractivity contribution in [3.8, 4) is 11.5 Å². The van der Waals surface area contributed by atoms with Gasteiger partial charge in [-0.05, 0) is 26.0 Å². The molecule has 3 heterocycles. The van der Waals surface area contributed by atoms with E-state index in [1.807, 2.05) is 25.1 Å². The van der Waals surface area contributed by atoms with E-state index in [9.17, 15) is 0 Å². The van der Waals surface area contributed by atoms with Crippen molar-refractivity contribution >= 4 is 23.1 Å². The van der Waals surface area contributed by atoms with Gasteiger partial charge in [-0.2, -0.15) is 4.98 Å². The van der Waals surface area contributed by atoms with Crippen molar-refractivity contribution in [3.63, 3.8) is 0 Å². The van der Waals surface area contributed by atoms with Crippen LogP contribution in [0.15, 0.2) is 29.6 Å². The monoisotopic (exact) mass is 303 g/mol. The summed E-state index contributed by atoms with van der Waals surface area (Å²) < 4.78 is 0. The largest absolute Gasteiger partial charge is 0.257 e. The topological polar surface area (TPSA) is 67.3 Å². The molecule has 5 nitrogen and oxygen atoms in total. The summed E-state index contributed by atoms with van der Waals surface area (Å²) >= 11 is 3.30. The highest BCUT2D eigenvalue weighted by Gasteiger charge is 2.09. The van der Waals surface area contributed by atoms with Gasteiger partial charge in [-0.25, -0.2) is 4.98 Å². The number of thiazole rings is 1. The summed E-state index contributed by atoms with van der Waals surface area (Å²) in [6.07, 6.45) is 1.74. The molecule has 102 valence electrons. The number of aryl methyl sites for hydroxylation is 2. The van der Waals surface area contributed by atoms with Gasteiger partial charge >= 0.3 is 0 Å². The van der Waals surface area contributed by atoms with Crippen LogP contribution in [0.4, 0.5) is 0 Å². The zero-order chi connectivity index (χ0) is 13.9. The molecule has 0 aliphatic heterocycles. The third-order valence-corrected chi connectivity index (χ3v) is 4.88. The molecule has 1 N–H and O–H groups in total. The fourth-order valence-electron chi connectivity index (χ4n) is 1.66. The molecule has 0 aliphatic rings. The Bertz CT molecular complexity index is 685. The Labute approximate surface area is 124 Å². The molecule has 0 saturated heterocycles. The van der Waals surface area contributed by atoms with Crippen LogP contribution in [0.5, 0.6) is 0 Å². The average Bonchev–Trinajstić information content (AvgIpc) is 3.05. The number of H-pyrrole nitrogens is 1. The van der Waals surface area contributed by atoms with Gasteiger partial charge in [0.25, 0.3) is 0 Å². The second-order valence-electron chi connectivity index (χ2n) is 4.22. The smallest absolute Gasteiger partial charge is 0.209 e. The molecular formula is C13H13N5S2. The third kappa shape index (κ3) is 2.88. The van der Waals surface area contributed by atoms with Gasteiger partial charge < -0.3 is 0 Å². The van der Waals surface area contributed by atoms with E-state index in [1.165, 1.54) is 4.88 Å². The molecule has 0 aromatic carbocycles. The molecule has 3 aromatic heterocycles. The molecule has 0 fully saturated rings. The number of nitrogens with zero attached hydrogens (tertiary/aromatic N) is 4. The average molecular weight is 303 g/mol. The predicted molar refractivity (Wildman–Crippen MR) is 80.8 cm³/mol. The number of aromatic amines is 1. The maximum Gasteiger partial charge on any atom is 0.209 e. The van der Waals surface area contributed by atoms with E-state index in [-0.39, 0.29) is 0 Å². The van der Waals surface area contributed by atoms with E-state index in [4.69, 9.17) is 0 Å². The minimum absolute atomic E-state index is 0.694. The van der Waals surface area contributed by atoms with Gasteiger partial charge in [-0.15, -0.1) is 16.4 Å². The van der Waals surface area contributed by atoms with Crippen LogP contribution in [0, 0.1) is 13.8 Å². The molecule has 20 heavy (non-hydrogen) atoms. The lowest BCUT2D eigenvalue weighted by atomic mass is 10.3. The van der Waals surface area contributed by atoms with E-state index in [0.717, 1.165) is 27.3 Å². The Kier molecular flexibility index (Phi) is 3.79. The lowest BCUT2D eigenvalue weighted by Crippen LogP contribution is -1.84. The summed E-state index contributed by atoms with van der Waals surface area (Å²) in [5, 5.41) is 8.94. The van der Waals surface area contributed by atoms with E-state index in [1.54, 1.807) is 29.3 Å². The first kappa shape index (κ1) is 13.3. The summed E-state index contributed by atoms with van der Waals surface area (Å²) in [5.74, 6) is 1.48. The molecule has 0 spiro atoms. The SMILES string of the molecule is Cc1nc(CSc2n[nH]c(-c3ccccn3)n2)sc1C. The predicted octanol–water partition coefficient (Wildman–Crippen LogP) is 3.23. The molecule has 0 saturated carbocycles. The van der Waals surface area contributed by atoms with Crippen LogP contribution in [0.3, 0.4) is 0 Å². The Morgan fingerprint density at radius 1 is 1.25 bits per heavy atom. The minimum atomic E-state index is 0.694. The molecule has 0 amide bonds. The first-order chi connectivity index (χ1) is 9.72. The van der Waals surface area contributed by atoms with Gasteiger partial charge in [-0.1, -0.05) is 17.8 Å². The van der Waals surface area contributed by atoms with E-state index < -0.39 is 0 Å². The number of aromatic nitrogens is 5. The van der Waals surface area contributed by atoms with E-state index in [0.29, 0.717) is 5.82 Å². The van der Waals surface area contributed by atoms with Crippen LogP contribution in [0.2, 0.25) is 0 Å². The van der Waals surface area contributed by atoms with Crippen molar-refractivity contribution in [2.24, 2.45) is 0 Å². The molecule has 0 radical (unpaired) electrons. The normalized spacial score (nSPS) is 10.9. The molecule has 0 aliphatic carbocycles. The molecule has 3 rings (SSSR count). The molecule has 0 unspecified atom stereocenters. The third-order valence-electron chi connectivity index (χ3n) is 2.77. The summed E-state index contributed by atoms with van der Waals surface area (Å²) in [6.45, 7) is 4.12. The quantitative estimate of drug-likeness (QED) is 0.749. The Morgan fingerprint density at radius 3 is 2.85 bits per heavy atom. The summed E-state index contributed by atoms with van der Waals surface area (Å²) in [5.41, 5.74) is 1.91. The number of pyridine rings is 1. The first-order valence-corrected chi connectivity index (χ1v) is 7.92. The van der Waals surface area contributed by atoms with Gasteiger partial charge in [0, 0.05) is 11.1 Å². The summed E-state index contributed by atoms with van der Waals surface area (Å²) in [6, 6.07) is 5.71. The number of hydrogen-bond donors (Lipinski definition) is 1. The van der Waals surface area contributed by atoms with Gasteiger partial charge in [-0.3, -0.25) is 10.1 Å².